The largest absolute Gasteiger partial charge is 0.366 e. The van der Waals surface area contributed by atoms with E-state index in [0.29, 0.717) is 11.4 Å². The molecule has 5 heteroatoms. The summed E-state index contributed by atoms with van der Waals surface area (Å²) in [7, 11) is 0. The van der Waals surface area contributed by atoms with E-state index in [2.05, 4.69) is 15.0 Å². The highest BCUT2D eigenvalue weighted by atomic mass is 16.1. The molecule has 0 spiro atoms. The van der Waals surface area contributed by atoms with Crippen molar-refractivity contribution in [1.29, 1.82) is 0 Å². The van der Waals surface area contributed by atoms with Crippen molar-refractivity contribution in [2.45, 2.75) is 6.92 Å². The van der Waals surface area contributed by atoms with Gasteiger partial charge >= 0.3 is 0 Å². The molecule has 0 aliphatic heterocycles. The number of nitrogens with two attached hydrogens (primary N) is 1. The first-order valence-corrected chi connectivity index (χ1v) is 5.86. The van der Waals surface area contributed by atoms with Crippen molar-refractivity contribution < 1.29 is 4.79 Å². The summed E-state index contributed by atoms with van der Waals surface area (Å²) >= 11 is 0. The second kappa shape index (κ2) is 4.20. The molecule has 3 N–H and O–H groups in total. The van der Waals surface area contributed by atoms with Crippen molar-refractivity contribution in [2.24, 2.45) is 5.73 Å². The summed E-state index contributed by atoms with van der Waals surface area (Å²) in [4.78, 5) is 22.9. The van der Waals surface area contributed by atoms with E-state index in [9.17, 15) is 4.79 Å². The number of aromatic amines is 1. The number of para-hydroxylation sites is 1. The zero-order valence-corrected chi connectivity index (χ0v) is 10.3. The van der Waals surface area contributed by atoms with Gasteiger partial charge in [0.15, 0.2) is 0 Å². The number of carbonyl (C=O) groups is 1. The third-order valence-electron chi connectivity index (χ3n) is 3.01. The summed E-state index contributed by atoms with van der Waals surface area (Å²) in [5.74, 6) is 0.182. The molecule has 0 bridgehead atoms. The Balaban J connectivity index is 2.16. The average Bonchev–Trinajstić information content (AvgIpc) is 2.84. The Hall–Kier alpha value is -2.69. The predicted octanol–water partition coefficient (Wildman–Crippen LogP) is 2.03. The zero-order valence-electron chi connectivity index (χ0n) is 10.3. The normalized spacial score (nSPS) is 10.8. The molecule has 19 heavy (non-hydrogen) atoms. The monoisotopic (exact) mass is 252 g/mol. The van der Waals surface area contributed by atoms with Crippen LogP contribution in [0.1, 0.15) is 15.9 Å². The van der Waals surface area contributed by atoms with Crippen LogP contribution in [0, 0.1) is 6.92 Å². The van der Waals surface area contributed by atoms with Crippen LogP contribution in [0.3, 0.4) is 0 Å². The molecule has 0 atom stereocenters. The topological polar surface area (TPSA) is 84.7 Å². The Morgan fingerprint density at radius 3 is 2.89 bits per heavy atom. The smallest absolute Gasteiger partial charge is 0.250 e. The third kappa shape index (κ3) is 1.95. The summed E-state index contributed by atoms with van der Waals surface area (Å²) in [6, 6.07) is 7.62. The molecular formula is C14H12N4O. The van der Waals surface area contributed by atoms with Gasteiger partial charge in [-0.3, -0.25) is 9.78 Å². The Labute approximate surface area is 109 Å². The minimum atomic E-state index is -0.498. The number of carbonyl (C=O) groups excluding carboxylic acids is 1. The maximum absolute atomic E-state index is 11.2. The van der Waals surface area contributed by atoms with Gasteiger partial charge in [0, 0.05) is 18.0 Å². The van der Waals surface area contributed by atoms with Crippen LogP contribution in [0.15, 0.2) is 36.7 Å². The highest BCUT2D eigenvalue weighted by molar-refractivity contribution is 5.93. The molecule has 2 aromatic heterocycles. The van der Waals surface area contributed by atoms with E-state index in [-0.39, 0.29) is 0 Å². The Kier molecular flexibility index (Phi) is 2.52. The fraction of sp³-hybridized carbons (Fsp3) is 0.0714. The number of fused-ring (bicyclic) bond motifs is 1. The maximum atomic E-state index is 11.2. The second-order valence-corrected chi connectivity index (χ2v) is 4.38. The van der Waals surface area contributed by atoms with Gasteiger partial charge in [-0.05, 0) is 24.6 Å². The molecule has 94 valence electrons. The van der Waals surface area contributed by atoms with Crippen LogP contribution in [-0.2, 0) is 0 Å². The van der Waals surface area contributed by atoms with Gasteiger partial charge in [-0.1, -0.05) is 12.1 Å². The summed E-state index contributed by atoms with van der Waals surface area (Å²) in [5.41, 5.74) is 9.34. The van der Waals surface area contributed by atoms with Crippen LogP contribution in [0.4, 0.5) is 0 Å². The molecular weight excluding hydrogens is 240 g/mol. The summed E-state index contributed by atoms with van der Waals surface area (Å²) in [6.45, 7) is 2.00. The zero-order chi connectivity index (χ0) is 13.4. The summed E-state index contributed by atoms with van der Waals surface area (Å²) < 4.78 is 0. The Bertz CT molecular complexity index is 776. The van der Waals surface area contributed by atoms with Crippen molar-refractivity contribution in [3.05, 3.63) is 47.8 Å². The maximum Gasteiger partial charge on any atom is 0.250 e. The molecule has 3 aromatic rings. The first-order valence-electron chi connectivity index (χ1n) is 5.86. The number of nitrogens with zero attached hydrogens (tertiary/aromatic N) is 2. The van der Waals surface area contributed by atoms with Gasteiger partial charge in [-0.25, -0.2) is 4.98 Å². The van der Waals surface area contributed by atoms with Crippen LogP contribution in [0.5, 0.6) is 0 Å². The fourth-order valence-corrected chi connectivity index (χ4v) is 2.02. The van der Waals surface area contributed by atoms with Crippen molar-refractivity contribution in [3.63, 3.8) is 0 Å². The number of hydrogen-bond donors (Lipinski definition) is 2. The molecule has 1 aromatic carbocycles. The quantitative estimate of drug-likeness (QED) is 0.731. The molecule has 1 amide bonds. The van der Waals surface area contributed by atoms with Gasteiger partial charge in [0.25, 0.3) is 0 Å². The predicted molar refractivity (Wildman–Crippen MR) is 72.6 cm³/mol. The molecule has 0 aliphatic rings. The molecule has 3 rings (SSSR count). The number of H-pyrrole nitrogens is 1. The highest BCUT2D eigenvalue weighted by Gasteiger charge is 2.09. The van der Waals surface area contributed by atoms with Gasteiger partial charge < -0.3 is 10.7 Å². The van der Waals surface area contributed by atoms with E-state index in [4.69, 9.17) is 5.73 Å². The number of amides is 1. The van der Waals surface area contributed by atoms with Crippen molar-refractivity contribution in [1.82, 2.24) is 15.0 Å². The number of aryl methyl sites for hydroxylation is 1. The molecule has 0 fully saturated rings. The van der Waals surface area contributed by atoms with Crippen LogP contribution in [-0.4, -0.2) is 20.9 Å². The lowest BCUT2D eigenvalue weighted by molar-refractivity contribution is 0.1000. The van der Waals surface area contributed by atoms with Crippen LogP contribution in [0.25, 0.3) is 22.4 Å². The van der Waals surface area contributed by atoms with Crippen LogP contribution in [0.2, 0.25) is 0 Å². The van der Waals surface area contributed by atoms with Gasteiger partial charge in [-0.2, -0.15) is 0 Å². The number of hydrogen-bond acceptors (Lipinski definition) is 3. The molecule has 0 unspecified atom stereocenters. The molecule has 0 saturated heterocycles. The number of benzene rings is 1. The Morgan fingerprint density at radius 1 is 1.32 bits per heavy atom. The van der Waals surface area contributed by atoms with Crippen molar-refractivity contribution >= 4 is 16.9 Å². The summed E-state index contributed by atoms with van der Waals surface area (Å²) in [6.07, 6.45) is 3.10. The van der Waals surface area contributed by atoms with Crippen molar-refractivity contribution in [3.8, 4) is 11.4 Å². The lowest BCUT2D eigenvalue weighted by atomic mass is 10.2. The van der Waals surface area contributed by atoms with Crippen molar-refractivity contribution in [2.75, 3.05) is 0 Å². The number of aromatic nitrogens is 3. The number of imidazole rings is 1. The van der Waals surface area contributed by atoms with Gasteiger partial charge in [0.1, 0.15) is 5.82 Å². The van der Waals surface area contributed by atoms with Crippen LogP contribution >= 0.6 is 0 Å². The number of nitrogens with one attached hydrogen (secondary N) is 1. The lowest BCUT2D eigenvalue weighted by Gasteiger charge is -1.98. The van der Waals surface area contributed by atoms with Gasteiger partial charge in [-0.15, -0.1) is 0 Å². The number of primary amides is 1. The van der Waals surface area contributed by atoms with E-state index < -0.39 is 5.91 Å². The third-order valence-corrected chi connectivity index (χ3v) is 3.01. The van der Waals surface area contributed by atoms with E-state index in [1.54, 1.807) is 12.3 Å². The first-order chi connectivity index (χ1) is 9.15. The SMILES string of the molecule is Cc1cccc2[nH]c(-c3cncc(C(N)=O)c3)nc12. The first kappa shape index (κ1) is 11.4. The Morgan fingerprint density at radius 2 is 2.16 bits per heavy atom. The van der Waals surface area contributed by atoms with Gasteiger partial charge in [0.05, 0.1) is 16.6 Å². The van der Waals surface area contributed by atoms with E-state index >= 15 is 0 Å². The average molecular weight is 252 g/mol. The van der Waals surface area contributed by atoms with E-state index in [0.717, 1.165) is 22.2 Å². The fourth-order valence-electron chi connectivity index (χ4n) is 2.02. The minimum absolute atomic E-state index is 0.370. The lowest BCUT2D eigenvalue weighted by Crippen LogP contribution is -2.11. The molecule has 2 heterocycles. The molecule has 0 aliphatic carbocycles. The number of pyridine rings is 1. The number of rotatable bonds is 2. The van der Waals surface area contributed by atoms with Crippen LogP contribution < -0.4 is 5.73 Å². The molecule has 0 radical (unpaired) electrons. The van der Waals surface area contributed by atoms with E-state index in [1.165, 1.54) is 6.20 Å². The molecule has 0 saturated carbocycles. The standard InChI is InChI=1S/C14H12N4O/c1-8-3-2-4-11-12(8)18-14(17-11)10-5-9(13(15)19)6-16-7-10/h2-7H,1H3,(H2,15,19)(H,17,18). The summed E-state index contributed by atoms with van der Waals surface area (Å²) in [5, 5.41) is 0. The second-order valence-electron chi connectivity index (χ2n) is 4.38. The highest BCUT2D eigenvalue weighted by Crippen LogP contribution is 2.22. The molecule has 5 nitrogen and oxygen atoms in total. The van der Waals surface area contributed by atoms with Gasteiger partial charge in [0.2, 0.25) is 5.91 Å². The van der Waals surface area contributed by atoms with E-state index in [1.807, 2.05) is 25.1 Å². The minimum Gasteiger partial charge on any atom is -0.366 e.